The minimum Gasteiger partial charge on any atom is -0.366 e. The zero-order valence-electron chi connectivity index (χ0n) is 15.3. The molecule has 0 saturated carbocycles. The maximum Gasteiger partial charge on any atom is 0.231 e. The van der Waals surface area contributed by atoms with Gasteiger partial charge in [-0.05, 0) is 19.4 Å². The van der Waals surface area contributed by atoms with Crippen molar-refractivity contribution in [3.63, 3.8) is 0 Å². The van der Waals surface area contributed by atoms with Crippen molar-refractivity contribution in [2.75, 3.05) is 5.75 Å². The SMILES string of the molecule is Cc1ccc([C@H]2CC(=O)N3C(=C2C#N)SC[C@]3(O)c2ccc(C)cc2)cc1. The zero-order valence-corrected chi connectivity index (χ0v) is 16.1. The van der Waals surface area contributed by atoms with Gasteiger partial charge in [0.25, 0.3) is 0 Å². The Morgan fingerprint density at radius 1 is 1.11 bits per heavy atom. The normalized spacial score (nSPS) is 24.7. The lowest BCUT2D eigenvalue weighted by Gasteiger charge is -2.38. The number of hydrogen-bond acceptors (Lipinski definition) is 4. The number of fused-ring (bicyclic) bond motifs is 1. The number of thioether (sulfide) groups is 1. The van der Waals surface area contributed by atoms with Gasteiger partial charge in [-0.1, -0.05) is 59.7 Å². The Bertz CT molecular complexity index is 973. The lowest BCUT2D eigenvalue weighted by atomic mass is 9.85. The van der Waals surface area contributed by atoms with Crippen LogP contribution in [0.15, 0.2) is 59.1 Å². The number of benzene rings is 2. The van der Waals surface area contributed by atoms with E-state index in [1.165, 1.54) is 16.7 Å². The van der Waals surface area contributed by atoms with Crippen LogP contribution in [0.2, 0.25) is 0 Å². The van der Waals surface area contributed by atoms with Gasteiger partial charge < -0.3 is 5.11 Å². The minimum atomic E-state index is -1.41. The first-order valence-corrected chi connectivity index (χ1v) is 9.89. The minimum absolute atomic E-state index is 0.150. The molecule has 1 saturated heterocycles. The summed E-state index contributed by atoms with van der Waals surface area (Å²) in [5, 5.41) is 21.8. The maximum atomic E-state index is 13.1. The predicted octanol–water partition coefficient (Wildman–Crippen LogP) is 3.95. The fraction of sp³-hybridized carbons (Fsp3) is 0.273. The number of aliphatic hydroxyl groups is 1. The van der Waals surface area contributed by atoms with Crippen molar-refractivity contribution in [3.05, 3.63) is 81.4 Å². The maximum absolute atomic E-state index is 13.1. The summed E-state index contributed by atoms with van der Waals surface area (Å²) >= 11 is 1.38. The van der Waals surface area contributed by atoms with E-state index in [4.69, 9.17) is 0 Å². The van der Waals surface area contributed by atoms with Crippen LogP contribution < -0.4 is 0 Å². The van der Waals surface area contributed by atoms with E-state index in [1.54, 1.807) is 0 Å². The molecule has 0 unspecified atom stereocenters. The van der Waals surface area contributed by atoms with E-state index in [9.17, 15) is 15.2 Å². The topological polar surface area (TPSA) is 64.3 Å². The monoisotopic (exact) mass is 376 g/mol. The highest BCUT2D eigenvalue weighted by atomic mass is 32.2. The third kappa shape index (κ3) is 2.86. The number of aryl methyl sites for hydroxylation is 2. The Morgan fingerprint density at radius 3 is 2.30 bits per heavy atom. The van der Waals surface area contributed by atoms with Crippen LogP contribution in [-0.2, 0) is 10.5 Å². The molecule has 0 spiro atoms. The lowest BCUT2D eigenvalue weighted by molar-refractivity contribution is -0.149. The summed E-state index contributed by atoms with van der Waals surface area (Å²) < 4.78 is 0. The van der Waals surface area contributed by atoms with Crippen LogP contribution >= 0.6 is 11.8 Å². The highest BCUT2D eigenvalue weighted by molar-refractivity contribution is 8.03. The summed E-state index contributed by atoms with van der Waals surface area (Å²) in [5.74, 6) is -0.0898. The molecule has 2 aliphatic rings. The molecule has 2 aromatic rings. The summed E-state index contributed by atoms with van der Waals surface area (Å²) in [6, 6.07) is 17.8. The van der Waals surface area contributed by atoms with Gasteiger partial charge in [-0.25, -0.2) is 0 Å². The molecule has 4 rings (SSSR count). The summed E-state index contributed by atoms with van der Waals surface area (Å²) in [6.07, 6.45) is 0.185. The van der Waals surface area contributed by atoms with Crippen LogP contribution in [0, 0.1) is 25.2 Å². The quantitative estimate of drug-likeness (QED) is 0.862. The average Bonchev–Trinajstić information content (AvgIpc) is 3.02. The molecule has 2 heterocycles. The third-order valence-electron chi connectivity index (χ3n) is 5.30. The third-order valence-corrected chi connectivity index (χ3v) is 6.53. The lowest BCUT2D eigenvalue weighted by Crippen LogP contribution is -2.48. The highest BCUT2D eigenvalue weighted by Crippen LogP contribution is 2.51. The molecule has 2 aliphatic heterocycles. The van der Waals surface area contributed by atoms with Crippen LogP contribution in [0.25, 0.3) is 0 Å². The van der Waals surface area contributed by atoms with Gasteiger partial charge in [-0.2, -0.15) is 5.26 Å². The smallest absolute Gasteiger partial charge is 0.231 e. The zero-order chi connectivity index (χ0) is 19.2. The number of hydrogen-bond donors (Lipinski definition) is 1. The van der Waals surface area contributed by atoms with Gasteiger partial charge in [-0.3, -0.25) is 9.69 Å². The molecule has 27 heavy (non-hydrogen) atoms. The van der Waals surface area contributed by atoms with Gasteiger partial charge in [0.15, 0.2) is 5.72 Å². The molecule has 0 aliphatic carbocycles. The van der Waals surface area contributed by atoms with Crippen LogP contribution in [0.3, 0.4) is 0 Å². The Balaban J connectivity index is 1.79. The first-order valence-electron chi connectivity index (χ1n) is 8.90. The molecule has 1 amide bonds. The number of amides is 1. The molecule has 1 fully saturated rings. The fourth-order valence-corrected chi connectivity index (χ4v) is 5.10. The number of rotatable bonds is 2. The number of carbonyl (C=O) groups excluding carboxylic acids is 1. The van der Waals surface area contributed by atoms with Crippen LogP contribution in [0.1, 0.15) is 34.6 Å². The second-order valence-corrected chi connectivity index (χ2v) is 8.16. The van der Waals surface area contributed by atoms with Crippen molar-refractivity contribution >= 4 is 17.7 Å². The molecule has 0 bridgehead atoms. The van der Waals surface area contributed by atoms with Gasteiger partial charge >= 0.3 is 0 Å². The Morgan fingerprint density at radius 2 is 1.70 bits per heavy atom. The van der Waals surface area contributed by atoms with Crippen molar-refractivity contribution in [3.8, 4) is 6.07 Å². The molecule has 136 valence electrons. The predicted molar refractivity (Wildman–Crippen MR) is 106 cm³/mol. The first kappa shape index (κ1) is 17.8. The van der Waals surface area contributed by atoms with Crippen LogP contribution in [0.4, 0.5) is 0 Å². The second-order valence-electron chi connectivity index (χ2n) is 7.20. The second kappa shape index (κ2) is 6.56. The summed E-state index contributed by atoms with van der Waals surface area (Å²) in [7, 11) is 0. The number of nitriles is 1. The van der Waals surface area contributed by atoms with Gasteiger partial charge in [0, 0.05) is 17.9 Å². The van der Waals surface area contributed by atoms with Crippen LogP contribution in [-0.4, -0.2) is 21.7 Å². The summed E-state index contributed by atoms with van der Waals surface area (Å²) in [5.41, 5.74) is 3.01. The molecule has 4 nitrogen and oxygen atoms in total. The van der Waals surface area contributed by atoms with E-state index in [-0.39, 0.29) is 18.2 Å². The fourth-order valence-electron chi connectivity index (χ4n) is 3.74. The van der Waals surface area contributed by atoms with Crippen molar-refractivity contribution in [1.29, 1.82) is 5.26 Å². The van der Waals surface area contributed by atoms with Gasteiger partial charge in [0.05, 0.1) is 22.4 Å². The molecule has 1 N–H and O–H groups in total. The number of allylic oxidation sites excluding steroid dienone is 1. The average molecular weight is 376 g/mol. The molecule has 0 aromatic heterocycles. The largest absolute Gasteiger partial charge is 0.366 e. The standard InChI is InChI=1S/C22H20N2O2S/c1-14-3-7-16(8-4-14)18-11-20(25)24-21(19(18)12-23)27-13-22(24,26)17-9-5-15(2)6-10-17/h3-10,18,26H,11,13H2,1-2H3/t18-,22+/m1/s1. The summed E-state index contributed by atoms with van der Waals surface area (Å²) in [4.78, 5) is 14.5. The molecular weight excluding hydrogens is 356 g/mol. The first-order chi connectivity index (χ1) is 12.9. The van der Waals surface area contributed by atoms with Gasteiger partial charge in [-0.15, -0.1) is 11.8 Å². The molecule has 5 heteroatoms. The van der Waals surface area contributed by atoms with Crippen molar-refractivity contribution in [2.45, 2.75) is 31.9 Å². The molecule has 2 aromatic carbocycles. The molecular formula is C22H20N2O2S. The van der Waals surface area contributed by atoms with Crippen LogP contribution in [0.5, 0.6) is 0 Å². The van der Waals surface area contributed by atoms with Gasteiger partial charge in [0.2, 0.25) is 5.91 Å². The Hall–Kier alpha value is -2.55. The molecule has 0 radical (unpaired) electrons. The molecule has 2 atom stereocenters. The number of nitrogens with zero attached hydrogens (tertiary/aromatic N) is 2. The van der Waals surface area contributed by atoms with Crippen molar-refractivity contribution < 1.29 is 9.90 Å². The van der Waals surface area contributed by atoms with E-state index in [0.29, 0.717) is 21.9 Å². The van der Waals surface area contributed by atoms with Gasteiger partial charge in [0.1, 0.15) is 0 Å². The van der Waals surface area contributed by atoms with E-state index < -0.39 is 5.72 Å². The van der Waals surface area contributed by atoms with Crippen molar-refractivity contribution in [1.82, 2.24) is 4.90 Å². The number of carbonyl (C=O) groups is 1. The van der Waals surface area contributed by atoms with E-state index >= 15 is 0 Å². The van der Waals surface area contributed by atoms with E-state index in [0.717, 1.165) is 16.7 Å². The van der Waals surface area contributed by atoms with E-state index in [1.807, 2.05) is 62.4 Å². The summed E-state index contributed by atoms with van der Waals surface area (Å²) in [6.45, 7) is 3.99. The van der Waals surface area contributed by atoms with E-state index in [2.05, 4.69) is 6.07 Å². The Labute approximate surface area is 163 Å². The Kier molecular flexibility index (Phi) is 4.33. The highest BCUT2D eigenvalue weighted by Gasteiger charge is 2.51. The van der Waals surface area contributed by atoms with Crippen molar-refractivity contribution in [2.24, 2.45) is 0 Å².